The van der Waals surface area contributed by atoms with Crippen LogP contribution in [0.4, 0.5) is 10.2 Å². The van der Waals surface area contributed by atoms with Gasteiger partial charge in [0.15, 0.2) is 17.3 Å². The number of rotatable bonds is 4. The minimum absolute atomic E-state index is 0.0261. The van der Waals surface area contributed by atoms with Crippen LogP contribution < -0.4 is 27.3 Å². The summed E-state index contributed by atoms with van der Waals surface area (Å²) in [5.41, 5.74) is -1.09. The van der Waals surface area contributed by atoms with Crippen LogP contribution in [0.25, 0.3) is 11.0 Å². The van der Waals surface area contributed by atoms with Crippen molar-refractivity contribution in [1.29, 1.82) is 0 Å². The summed E-state index contributed by atoms with van der Waals surface area (Å²) >= 11 is 0. The second-order valence-corrected chi connectivity index (χ2v) is 7.30. The maximum atomic E-state index is 14.7. The summed E-state index contributed by atoms with van der Waals surface area (Å²) in [5.74, 6) is 5.62. The number of nitrogens with two attached hydrogens (primary N) is 1. The number of hydrogen-bond acceptors (Lipinski definition) is 6. The van der Waals surface area contributed by atoms with E-state index in [1.807, 2.05) is 11.9 Å². The van der Waals surface area contributed by atoms with Crippen molar-refractivity contribution in [3.05, 3.63) is 32.7 Å². The molecule has 2 aromatic heterocycles. The maximum Gasteiger partial charge on any atom is 0.351 e. The van der Waals surface area contributed by atoms with Gasteiger partial charge in [-0.25, -0.2) is 14.2 Å². The van der Waals surface area contributed by atoms with E-state index in [9.17, 15) is 14.0 Å². The van der Waals surface area contributed by atoms with Crippen molar-refractivity contribution in [2.24, 2.45) is 5.92 Å². The zero-order valence-corrected chi connectivity index (χ0v) is 14.9. The van der Waals surface area contributed by atoms with E-state index in [1.165, 1.54) is 4.57 Å². The predicted molar refractivity (Wildman–Crippen MR) is 97.5 cm³/mol. The van der Waals surface area contributed by atoms with Crippen molar-refractivity contribution < 1.29 is 4.39 Å². The Bertz CT molecular complexity index is 980. The average molecular weight is 362 g/mol. The molecule has 26 heavy (non-hydrogen) atoms. The minimum Gasteiger partial charge on any atom is -0.354 e. The number of fused-ring (bicyclic) bond motifs is 1. The lowest BCUT2D eigenvalue weighted by molar-refractivity contribution is 0.428. The Morgan fingerprint density at radius 2 is 2.08 bits per heavy atom. The molecule has 1 aliphatic carbocycles. The number of nitrogens with zero attached hydrogens (tertiary/aromatic N) is 4. The van der Waals surface area contributed by atoms with Gasteiger partial charge in [-0.15, -0.1) is 0 Å². The lowest BCUT2D eigenvalue weighted by Gasteiger charge is -2.22. The first-order valence-electron chi connectivity index (χ1n) is 8.97. The average Bonchev–Trinajstić information content (AvgIpc) is 3.35. The molecule has 1 aliphatic heterocycles. The van der Waals surface area contributed by atoms with Crippen LogP contribution in [0.15, 0.2) is 15.7 Å². The molecule has 3 N–H and O–H groups in total. The number of hydrogen-bond donors (Lipinski definition) is 2. The molecule has 4 rings (SSSR count). The Hall–Kier alpha value is -2.42. The molecular weight excluding hydrogens is 339 g/mol. The molecule has 3 heterocycles. The molecule has 0 radical (unpaired) electrons. The standard InChI is InChI=1S/C17H23FN6O2/c1-9(20-2)10-5-6-22(8-10)15-13(18)7-12-14(21-15)23(11-3-4-11)17(26)24(19)16(12)25/h7,9-11,20H,3-6,8,19H2,1-2H3/t9-,10-/m1/s1. The van der Waals surface area contributed by atoms with E-state index in [4.69, 9.17) is 5.84 Å². The van der Waals surface area contributed by atoms with Gasteiger partial charge in [-0.1, -0.05) is 0 Å². The Kier molecular flexibility index (Phi) is 3.98. The lowest BCUT2D eigenvalue weighted by atomic mass is 10.0. The maximum absolute atomic E-state index is 14.7. The van der Waals surface area contributed by atoms with Gasteiger partial charge >= 0.3 is 5.69 Å². The van der Waals surface area contributed by atoms with Gasteiger partial charge in [0, 0.05) is 25.2 Å². The highest BCUT2D eigenvalue weighted by molar-refractivity contribution is 5.77. The van der Waals surface area contributed by atoms with Crippen LogP contribution in [0.1, 0.15) is 32.2 Å². The van der Waals surface area contributed by atoms with Crippen molar-refractivity contribution in [2.75, 3.05) is 30.9 Å². The molecular formula is C17H23FN6O2. The first-order valence-corrected chi connectivity index (χ1v) is 8.97. The highest BCUT2D eigenvalue weighted by Gasteiger charge is 2.32. The molecule has 9 heteroatoms. The first-order chi connectivity index (χ1) is 12.4. The molecule has 1 saturated carbocycles. The molecule has 0 amide bonds. The summed E-state index contributed by atoms with van der Waals surface area (Å²) in [6.45, 7) is 3.47. The Labute approximate surface area is 149 Å². The van der Waals surface area contributed by atoms with Gasteiger partial charge in [-0.3, -0.25) is 9.36 Å². The van der Waals surface area contributed by atoms with Crippen LogP contribution in [-0.4, -0.2) is 40.4 Å². The summed E-state index contributed by atoms with van der Waals surface area (Å²) in [5, 5.41) is 3.27. The number of pyridine rings is 1. The third-order valence-corrected chi connectivity index (χ3v) is 5.63. The van der Waals surface area contributed by atoms with Crippen LogP contribution in [0.5, 0.6) is 0 Å². The van der Waals surface area contributed by atoms with Crippen LogP contribution in [-0.2, 0) is 0 Å². The number of nitrogen functional groups attached to an aromatic ring is 1. The van der Waals surface area contributed by atoms with Gasteiger partial charge in [0.05, 0.1) is 5.39 Å². The third kappa shape index (κ3) is 2.57. The summed E-state index contributed by atoms with van der Waals surface area (Å²) in [6, 6.07) is 1.45. The molecule has 2 fully saturated rings. The first kappa shape index (κ1) is 17.0. The van der Waals surface area contributed by atoms with E-state index in [0.717, 1.165) is 25.3 Å². The van der Waals surface area contributed by atoms with E-state index in [0.29, 0.717) is 29.7 Å². The molecule has 1 saturated heterocycles. The predicted octanol–water partition coefficient (Wildman–Crippen LogP) is 0.180. The zero-order valence-electron chi connectivity index (χ0n) is 14.9. The summed E-state index contributed by atoms with van der Waals surface area (Å²) in [4.78, 5) is 31.1. The second-order valence-electron chi connectivity index (χ2n) is 7.30. The van der Waals surface area contributed by atoms with Crippen molar-refractivity contribution in [3.63, 3.8) is 0 Å². The largest absolute Gasteiger partial charge is 0.354 e. The number of aromatic nitrogens is 3. The third-order valence-electron chi connectivity index (χ3n) is 5.63. The molecule has 0 aromatic carbocycles. The molecule has 0 bridgehead atoms. The van der Waals surface area contributed by atoms with E-state index in [2.05, 4.69) is 17.2 Å². The lowest BCUT2D eigenvalue weighted by Crippen LogP contribution is -2.45. The van der Waals surface area contributed by atoms with E-state index >= 15 is 0 Å². The fourth-order valence-electron chi connectivity index (χ4n) is 3.74. The number of anilines is 1. The van der Waals surface area contributed by atoms with Gasteiger partial charge in [0.2, 0.25) is 0 Å². The van der Waals surface area contributed by atoms with Gasteiger partial charge in [0.25, 0.3) is 5.56 Å². The van der Waals surface area contributed by atoms with Crippen LogP contribution in [0.3, 0.4) is 0 Å². The highest BCUT2D eigenvalue weighted by atomic mass is 19.1. The molecule has 0 spiro atoms. The molecule has 140 valence electrons. The van der Waals surface area contributed by atoms with E-state index in [1.54, 1.807) is 0 Å². The van der Waals surface area contributed by atoms with E-state index < -0.39 is 17.1 Å². The molecule has 0 unspecified atom stereocenters. The summed E-state index contributed by atoms with van der Waals surface area (Å²) < 4.78 is 16.7. The molecule has 2 aliphatic rings. The van der Waals surface area contributed by atoms with Crippen molar-refractivity contribution in [1.82, 2.24) is 19.5 Å². The van der Waals surface area contributed by atoms with Crippen molar-refractivity contribution >= 4 is 16.9 Å². The topological polar surface area (TPSA) is 98.2 Å². The quantitative estimate of drug-likeness (QED) is 0.753. The summed E-state index contributed by atoms with van der Waals surface area (Å²) in [6.07, 6.45) is 2.58. The normalized spacial score (nSPS) is 21.5. The fraction of sp³-hybridized carbons (Fsp3) is 0.588. The van der Waals surface area contributed by atoms with E-state index in [-0.39, 0.29) is 22.9 Å². The number of nitrogens with one attached hydrogen (secondary N) is 1. The Balaban J connectivity index is 1.84. The smallest absolute Gasteiger partial charge is 0.351 e. The van der Waals surface area contributed by atoms with Gasteiger partial charge in [0.1, 0.15) is 0 Å². The van der Waals surface area contributed by atoms with Crippen LogP contribution in [0, 0.1) is 11.7 Å². The van der Waals surface area contributed by atoms with Crippen LogP contribution in [0.2, 0.25) is 0 Å². The van der Waals surface area contributed by atoms with Crippen LogP contribution >= 0.6 is 0 Å². The van der Waals surface area contributed by atoms with Crippen molar-refractivity contribution in [3.8, 4) is 0 Å². The van der Waals surface area contributed by atoms with Gasteiger partial charge in [-0.2, -0.15) is 4.68 Å². The van der Waals surface area contributed by atoms with Crippen molar-refractivity contribution in [2.45, 2.75) is 38.3 Å². The van der Waals surface area contributed by atoms with Gasteiger partial charge < -0.3 is 16.1 Å². The highest BCUT2D eigenvalue weighted by Crippen LogP contribution is 2.36. The Morgan fingerprint density at radius 3 is 2.73 bits per heavy atom. The zero-order chi connectivity index (χ0) is 18.6. The number of halogens is 1. The fourth-order valence-corrected chi connectivity index (χ4v) is 3.74. The molecule has 2 atom stereocenters. The second kappa shape index (κ2) is 6.08. The molecule has 8 nitrogen and oxygen atoms in total. The Morgan fingerprint density at radius 1 is 1.35 bits per heavy atom. The molecule has 2 aromatic rings. The monoisotopic (exact) mass is 362 g/mol. The SMILES string of the molecule is CN[C@H](C)[C@@H]1CCN(c2nc3c(cc2F)c(=O)n(N)c(=O)n3C2CC2)C1. The van der Waals surface area contributed by atoms with Gasteiger partial charge in [-0.05, 0) is 45.2 Å². The minimum atomic E-state index is -0.719. The summed E-state index contributed by atoms with van der Waals surface area (Å²) in [7, 11) is 1.91.